The number of nitrogens with zero attached hydrogens (tertiary/aromatic N) is 2. The van der Waals surface area contributed by atoms with Crippen molar-refractivity contribution in [3.63, 3.8) is 0 Å². The van der Waals surface area contributed by atoms with E-state index >= 15 is 0 Å². The number of aromatic nitrogens is 2. The molecule has 0 aliphatic heterocycles. The molecule has 1 aromatic rings. The van der Waals surface area contributed by atoms with Crippen LogP contribution in [0.4, 0.5) is 8.78 Å². The Morgan fingerprint density at radius 1 is 1.53 bits per heavy atom. The number of rotatable bonds is 4. The maximum atomic E-state index is 12.5. The van der Waals surface area contributed by atoms with Crippen molar-refractivity contribution in [2.45, 2.75) is 5.92 Å². The Morgan fingerprint density at radius 2 is 2.27 bits per heavy atom. The highest BCUT2D eigenvalue weighted by atomic mass is 19.3. The third kappa shape index (κ3) is 3.55. The van der Waals surface area contributed by atoms with Gasteiger partial charge < -0.3 is 10.4 Å². The van der Waals surface area contributed by atoms with E-state index in [1.807, 2.05) is 5.32 Å². The molecule has 1 rings (SSSR count). The minimum Gasteiger partial charge on any atom is -0.390 e. The van der Waals surface area contributed by atoms with Crippen LogP contribution in [0.2, 0.25) is 0 Å². The molecule has 15 heavy (non-hydrogen) atoms. The normalized spacial score (nSPS) is 11.1. The molecule has 82 valence electrons. The fraction of sp³-hybridized carbons (Fsp3) is 0.375. The first-order chi connectivity index (χ1) is 7.05. The lowest BCUT2D eigenvalue weighted by molar-refractivity contribution is -0.0462. The molecule has 0 unspecified atom stereocenters. The summed E-state index contributed by atoms with van der Waals surface area (Å²) in [4.78, 5) is 11.2. The average molecular weight is 217 g/mol. The Kier molecular flexibility index (Phi) is 3.62. The second-order valence-electron chi connectivity index (χ2n) is 2.83. The number of carbonyl (C=O) groups is 1. The van der Waals surface area contributed by atoms with E-state index in [4.69, 9.17) is 5.11 Å². The van der Waals surface area contributed by atoms with Gasteiger partial charge in [-0.25, -0.2) is 8.78 Å². The van der Waals surface area contributed by atoms with Gasteiger partial charge in [0.25, 0.3) is 11.8 Å². The van der Waals surface area contributed by atoms with E-state index in [1.54, 1.807) is 0 Å². The Hall–Kier alpha value is -1.63. The molecule has 0 atom stereocenters. The van der Waals surface area contributed by atoms with Crippen LogP contribution in [0.15, 0.2) is 18.5 Å². The minimum atomic E-state index is -3.31. The van der Waals surface area contributed by atoms with Crippen molar-refractivity contribution in [1.29, 1.82) is 0 Å². The third-order valence-electron chi connectivity index (χ3n) is 1.59. The van der Waals surface area contributed by atoms with Crippen LogP contribution in [-0.2, 0) is 0 Å². The number of hydrogen-bond acceptors (Lipinski definition) is 4. The van der Waals surface area contributed by atoms with E-state index in [0.29, 0.717) is 0 Å². The van der Waals surface area contributed by atoms with E-state index in [0.717, 1.165) is 6.20 Å². The number of halogens is 2. The summed E-state index contributed by atoms with van der Waals surface area (Å²) in [6.45, 7) is -2.22. The predicted octanol–water partition coefficient (Wildman–Crippen LogP) is -0.166. The second kappa shape index (κ2) is 4.74. The molecule has 1 heterocycles. The van der Waals surface area contributed by atoms with Crippen LogP contribution in [0, 0.1) is 0 Å². The van der Waals surface area contributed by atoms with Gasteiger partial charge in [-0.3, -0.25) is 4.79 Å². The summed E-state index contributed by atoms with van der Waals surface area (Å²) in [6, 6.07) is 1.35. The lowest BCUT2D eigenvalue weighted by Crippen LogP contribution is -2.39. The molecule has 0 aliphatic carbocycles. The molecule has 0 radical (unpaired) electrons. The number of amides is 1. The summed E-state index contributed by atoms with van der Waals surface area (Å²) in [6.07, 6.45) is 2.44. The van der Waals surface area contributed by atoms with Crippen LogP contribution >= 0.6 is 0 Å². The zero-order valence-corrected chi connectivity index (χ0v) is 7.65. The summed E-state index contributed by atoms with van der Waals surface area (Å²) >= 11 is 0. The lowest BCUT2D eigenvalue weighted by Gasteiger charge is -2.13. The quantitative estimate of drug-likeness (QED) is 0.734. The van der Waals surface area contributed by atoms with Gasteiger partial charge in [0.1, 0.15) is 6.61 Å². The van der Waals surface area contributed by atoms with Crippen molar-refractivity contribution in [1.82, 2.24) is 15.5 Å². The molecular formula is C8H9F2N3O2. The minimum absolute atomic E-state index is 0.138. The summed E-state index contributed by atoms with van der Waals surface area (Å²) < 4.78 is 25.1. The Bertz CT molecular complexity index is 332. The van der Waals surface area contributed by atoms with E-state index in [-0.39, 0.29) is 5.56 Å². The van der Waals surface area contributed by atoms with Crippen LogP contribution in [0.1, 0.15) is 10.4 Å². The first kappa shape index (κ1) is 11.4. The van der Waals surface area contributed by atoms with E-state index in [9.17, 15) is 13.6 Å². The maximum Gasteiger partial charge on any atom is 0.287 e. The fourth-order valence-corrected chi connectivity index (χ4v) is 0.793. The standard InChI is InChI=1S/C8H9F2N3O2/c9-8(10,5-14)4-11-7(15)6-1-2-12-13-3-6/h1-3,14H,4-5H2,(H,11,15). The third-order valence-corrected chi connectivity index (χ3v) is 1.59. The Morgan fingerprint density at radius 3 is 2.80 bits per heavy atom. The van der Waals surface area contributed by atoms with E-state index in [2.05, 4.69) is 10.2 Å². The van der Waals surface area contributed by atoms with Gasteiger partial charge in [-0.05, 0) is 6.07 Å². The molecule has 0 fully saturated rings. The first-order valence-electron chi connectivity index (χ1n) is 4.09. The topological polar surface area (TPSA) is 75.1 Å². The van der Waals surface area contributed by atoms with Crippen molar-refractivity contribution >= 4 is 5.91 Å². The number of alkyl halides is 2. The van der Waals surface area contributed by atoms with E-state index < -0.39 is 25.0 Å². The number of nitrogens with one attached hydrogen (secondary N) is 1. The number of carbonyl (C=O) groups excluding carboxylic acids is 1. The van der Waals surface area contributed by atoms with Gasteiger partial charge in [0.2, 0.25) is 0 Å². The Labute approximate surface area is 84.1 Å². The highest BCUT2D eigenvalue weighted by molar-refractivity contribution is 5.93. The zero-order chi connectivity index (χ0) is 11.3. The van der Waals surface area contributed by atoms with Crippen molar-refractivity contribution in [2.75, 3.05) is 13.2 Å². The fourth-order valence-electron chi connectivity index (χ4n) is 0.793. The molecule has 5 nitrogen and oxygen atoms in total. The van der Waals surface area contributed by atoms with Gasteiger partial charge in [-0.2, -0.15) is 10.2 Å². The number of aliphatic hydroxyl groups is 1. The van der Waals surface area contributed by atoms with Crippen LogP contribution in [-0.4, -0.2) is 40.3 Å². The van der Waals surface area contributed by atoms with Gasteiger partial charge in [0.05, 0.1) is 24.5 Å². The molecule has 0 saturated carbocycles. The smallest absolute Gasteiger partial charge is 0.287 e. The molecular weight excluding hydrogens is 208 g/mol. The van der Waals surface area contributed by atoms with Crippen LogP contribution < -0.4 is 5.32 Å². The molecule has 1 amide bonds. The van der Waals surface area contributed by atoms with Gasteiger partial charge in [0.15, 0.2) is 0 Å². The molecule has 0 aromatic carbocycles. The van der Waals surface area contributed by atoms with Gasteiger partial charge in [-0.15, -0.1) is 0 Å². The summed E-state index contributed by atoms with van der Waals surface area (Å²) in [5, 5.41) is 17.1. The zero-order valence-electron chi connectivity index (χ0n) is 7.65. The van der Waals surface area contributed by atoms with Gasteiger partial charge >= 0.3 is 0 Å². The molecule has 7 heteroatoms. The van der Waals surface area contributed by atoms with Gasteiger partial charge in [0, 0.05) is 0 Å². The largest absolute Gasteiger partial charge is 0.390 e. The Balaban J connectivity index is 2.51. The van der Waals surface area contributed by atoms with Crippen LogP contribution in [0.3, 0.4) is 0 Å². The van der Waals surface area contributed by atoms with Gasteiger partial charge in [-0.1, -0.05) is 0 Å². The highest BCUT2D eigenvalue weighted by Crippen LogP contribution is 2.09. The van der Waals surface area contributed by atoms with Crippen LogP contribution in [0.25, 0.3) is 0 Å². The maximum absolute atomic E-state index is 12.5. The summed E-state index contributed by atoms with van der Waals surface area (Å²) in [7, 11) is 0. The molecule has 0 spiro atoms. The second-order valence-corrected chi connectivity index (χ2v) is 2.83. The monoisotopic (exact) mass is 217 g/mol. The molecule has 0 bridgehead atoms. The van der Waals surface area contributed by atoms with Crippen molar-refractivity contribution in [3.8, 4) is 0 Å². The first-order valence-corrected chi connectivity index (χ1v) is 4.09. The molecule has 0 aliphatic rings. The van der Waals surface area contributed by atoms with E-state index in [1.165, 1.54) is 12.3 Å². The average Bonchev–Trinajstić information content (AvgIpc) is 2.27. The highest BCUT2D eigenvalue weighted by Gasteiger charge is 2.28. The van der Waals surface area contributed by atoms with Crippen molar-refractivity contribution in [2.24, 2.45) is 0 Å². The lowest BCUT2D eigenvalue weighted by atomic mass is 10.3. The SMILES string of the molecule is O=C(NCC(F)(F)CO)c1ccnnc1. The summed E-state index contributed by atoms with van der Waals surface area (Å²) in [5.41, 5.74) is 0.138. The summed E-state index contributed by atoms with van der Waals surface area (Å²) in [5.74, 6) is -3.99. The predicted molar refractivity (Wildman–Crippen MR) is 46.4 cm³/mol. The van der Waals surface area contributed by atoms with Crippen molar-refractivity contribution < 1.29 is 18.7 Å². The number of hydrogen-bond donors (Lipinski definition) is 2. The molecule has 0 saturated heterocycles. The molecule has 1 aromatic heterocycles. The van der Waals surface area contributed by atoms with Crippen LogP contribution in [0.5, 0.6) is 0 Å². The number of aliphatic hydroxyl groups excluding tert-OH is 1. The van der Waals surface area contributed by atoms with Crippen molar-refractivity contribution in [3.05, 3.63) is 24.0 Å². The molecule has 2 N–H and O–H groups in total.